The van der Waals surface area contributed by atoms with Crippen LogP contribution in [-0.2, 0) is 0 Å². The SMILES string of the molecule is c1ccc(-n2ccc3ccc4c(ccc5c4c4c6ccccc6ccc4n5-c4cccc(-c5ccc6c(c5)c5ccccc5n6-c5ccccc5)c4)c32)cc1. The molecule has 0 radical (unpaired) electrons. The Morgan fingerprint density at radius 1 is 0.291 bits per heavy atom. The summed E-state index contributed by atoms with van der Waals surface area (Å²) in [4.78, 5) is 0. The number of hydrogen-bond donors (Lipinski definition) is 0. The Morgan fingerprint density at radius 3 is 1.75 bits per heavy atom. The molecule has 0 aliphatic carbocycles. The first-order valence-electron chi connectivity index (χ1n) is 18.9. The van der Waals surface area contributed by atoms with Gasteiger partial charge in [-0.1, -0.05) is 121 Å². The molecular weight excluding hydrogens is 667 g/mol. The van der Waals surface area contributed by atoms with E-state index in [1.54, 1.807) is 0 Å². The second kappa shape index (κ2) is 11.6. The molecule has 3 nitrogen and oxygen atoms in total. The van der Waals surface area contributed by atoms with Crippen LogP contribution >= 0.6 is 0 Å². The van der Waals surface area contributed by atoms with Crippen molar-refractivity contribution in [3.8, 4) is 28.2 Å². The van der Waals surface area contributed by atoms with Crippen molar-refractivity contribution in [2.45, 2.75) is 0 Å². The van der Waals surface area contributed by atoms with Crippen molar-refractivity contribution in [3.63, 3.8) is 0 Å². The van der Waals surface area contributed by atoms with Gasteiger partial charge in [0.05, 0.1) is 27.6 Å². The number of nitrogens with zero attached hydrogens (tertiary/aromatic N) is 3. The smallest absolute Gasteiger partial charge is 0.0607 e. The standard InChI is InChI=1S/C52H33N3/c1-3-14-38(15-4-1)53-31-30-35-22-25-43-44(52(35)53)26-29-49-51(43)50-41-19-8-7-12-34(41)23-28-48(50)55(49)40-18-11-13-36(32-40)37-24-27-47-45(33-37)42-20-9-10-21-46(42)54(47)39-16-5-2-6-17-39/h1-33H. The van der Waals surface area contributed by atoms with Crippen molar-refractivity contribution >= 4 is 76.1 Å². The predicted octanol–water partition coefficient (Wildman–Crippen LogP) is 13.8. The first-order valence-corrected chi connectivity index (χ1v) is 18.9. The Kier molecular flexibility index (Phi) is 6.34. The lowest BCUT2D eigenvalue weighted by atomic mass is 9.98. The van der Waals surface area contributed by atoms with Gasteiger partial charge in [-0.3, -0.25) is 0 Å². The molecule has 0 unspecified atom stereocenters. The third-order valence-electron chi connectivity index (χ3n) is 11.6. The molecule has 0 bridgehead atoms. The van der Waals surface area contributed by atoms with Gasteiger partial charge >= 0.3 is 0 Å². The van der Waals surface area contributed by atoms with Gasteiger partial charge in [-0.05, 0) is 100 Å². The second-order valence-electron chi connectivity index (χ2n) is 14.6. The predicted molar refractivity (Wildman–Crippen MR) is 232 cm³/mol. The quantitative estimate of drug-likeness (QED) is 0.174. The zero-order chi connectivity index (χ0) is 36.0. The van der Waals surface area contributed by atoms with Crippen LogP contribution in [0.4, 0.5) is 0 Å². The minimum absolute atomic E-state index is 1.15. The van der Waals surface area contributed by atoms with Crippen molar-refractivity contribution in [1.82, 2.24) is 13.7 Å². The second-order valence-corrected chi connectivity index (χ2v) is 14.6. The Bertz CT molecular complexity index is 3470. The highest BCUT2D eigenvalue weighted by molar-refractivity contribution is 6.30. The molecule has 3 aromatic heterocycles. The lowest BCUT2D eigenvalue weighted by Gasteiger charge is -2.12. The highest BCUT2D eigenvalue weighted by atomic mass is 15.0. The largest absolute Gasteiger partial charge is 0.316 e. The molecule has 9 aromatic carbocycles. The monoisotopic (exact) mass is 699 g/mol. The van der Waals surface area contributed by atoms with Crippen LogP contribution in [0.15, 0.2) is 200 Å². The molecule has 12 rings (SSSR count). The maximum atomic E-state index is 2.47. The fourth-order valence-electron chi connectivity index (χ4n) is 9.23. The van der Waals surface area contributed by atoms with E-state index in [0.717, 1.165) is 11.4 Å². The first-order chi connectivity index (χ1) is 27.3. The lowest BCUT2D eigenvalue weighted by Crippen LogP contribution is -1.95. The van der Waals surface area contributed by atoms with Gasteiger partial charge in [-0.2, -0.15) is 0 Å². The summed E-state index contributed by atoms with van der Waals surface area (Å²) >= 11 is 0. The Balaban J connectivity index is 1.10. The van der Waals surface area contributed by atoms with Crippen molar-refractivity contribution in [3.05, 3.63) is 200 Å². The van der Waals surface area contributed by atoms with E-state index in [-0.39, 0.29) is 0 Å². The van der Waals surface area contributed by atoms with Crippen molar-refractivity contribution < 1.29 is 0 Å². The molecule has 3 heteroatoms. The van der Waals surface area contributed by atoms with E-state index >= 15 is 0 Å². The maximum Gasteiger partial charge on any atom is 0.0607 e. The summed E-state index contributed by atoms with van der Waals surface area (Å²) in [5.41, 5.74) is 11.9. The average molecular weight is 700 g/mol. The van der Waals surface area contributed by atoms with E-state index in [4.69, 9.17) is 0 Å². The van der Waals surface area contributed by atoms with Crippen molar-refractivity contribution in [2.24, 2.45) is 0 Å². The van der Waals surface area contributed by atoms with Crippen LogP contribution in [0.5, 0.6) is 0 Å². The number of hydrogen-bond acceptors (Lipinski definition) is 0. The number of rotatable bonds is 4. The highest BCUT2D eigenvalue weighted by Gasteiger charge is 2.20. The van der Waals surface area contributed by atoms with Crippen LogP contribution in [0.1, 0.15) is 0 Å². The van der Waals surface area contributed by atoms with Crippen molar-refractivity contribution in [1.29, 1.82) is 0 Å². The van der Waals surface area contributed by atoms with Crippen LogP contribution in [0.3, 0.4) is 0 Å². The molecule has 256 valence electrons. The van der Waals surface area contributed by atoms with Gasteiger partial charge < -0.3 is 13.7 Å². The molecule has 0 fully saturated rings. The van der Waals surface area contributed by atoms with E-state index < -0.39 is 0 Å². The van der Waals surface area contributed by atoms with Gasteiger partial charge in [-0.25, -0.2) is 0 Å². The molecule has 3 heterocycles. The molecule has 0 N–H and O–H groups in total. The van der Waals surface area contributed by atoms with E-state index in [1.807, 2.05) is 0 Å². The Labute approximate surface area is 317 Å². The van der Waals surface area contributed by atoms with Crippen molar-refractivity contribution in [2.75, 3.05) is 0 Å². The van der Waals surface area contributed by atoms with E-state index in [2.05, 4.69) is 214 Å². The van der Waals surface area contributed by atoms with E-state index in [9.17, 15) is 0 Å². The van der Waals surface area contributed by atoms with Gasteiger partial charge in [0.1, 0.15) is 0 Å². The Hall–Kier alpha value is -7.36. The molecule has 0 amide bonds. The summed E-state index contributed by atoms with van der Waals surface area (Å²) in [6.07, 6.45) is 2.20. The fourth-order valence-corrected chi connectivity index (χ4v) is 9.23. The third-order valence-corrected chi connectivity index (χ3v) is 11.6. The van der Waals surface area contributed by atoms with Crippen LogP contribution in [0.2, 0.25) is 0 Å². The molecule has 0 saturated heterocycles. The normalized spacial score (nSPS) is 12.0. The molecule has 0 spiro atoms. The zero-order valence-electron chi connectivity index (χ0n) is 29.9. The van der Waals surface area contributed by atoms with Gasteiger partial charge in [0.15, 0.2) is 0 Å². The maximum absolute atomic E-state index is 2.47. The molecule has 12 aromatic rings. The zero-order valence-corrected chi connectivity index (χ0v) is 29.9. The fraction of sp³-hybridized carbons (Fsp3) is 0. The molecule has 0 aliphatic heterocycles. The summed E-state index contributed by atoms with van der Waals surface area (Å²) in [5.74, 6) is 0. The van der Waals surface area contributed by atoms with Gasteiger partial charge in [-0.15, -0.1) is 0 Å². The summed E-state index contributed by atoms with van der Waals surface area (Å²) in [5, 5.41) is 11.4. The number of para-hydroxylation sites is 3. The molecule has 0 atom stereocenters. The molecule has 0 saturated carbocycles. The minimum atomic E-state index is 1.15. The van der Waals surface area contributed by atoms with Gasteiger partial charge in [0.25, 0.3) is 0 Å². The summed E-state index contributed by atoms with van der Waals surface area (Å²) < 4.78 is 7.18. The molecule has 0 aliphatic rings. The number of benzene rings is 9. The minimum Gasteiger partial charge on any atom is -0.316 e. The lowest BCUT2D eigenvalue weighted by molar-refractivity contribution is 1.13. The van der Waals surface area contributed by atoms with E-state index in [1.165, 1.54) is 92.9 Å². The van der Waals surface area contributed by atoms with Crippen LogP contribution in [0.25, 0.3) is 104 Å². The number of fused-ring (bicyclic) bond motifs is 12. The highest BCUT2D eigenvalue weighted by Crippen LogP contribution is 2.43. The third kappa shape index (κ3) is 4.38. The average Bonchev–Trinajstić information content (AvgIpc) is 3.95. The first kappa shape index (κ1) is 30.1. The van der Waals surface area contributed by atoms with Gasteiger partial charge in [0.2, 0.25) is 0 Å². The van der Waals surface area contributed by atoms with E-state index in [0.29, 0.717) is 0 Å². The topological polar surface area (TPSA) is 14.8 Å². The molecular formula is C52H33N3. The molecule has 55 heavy (non-hydrogen) atoms. The summed E-state index contributed by atoms with van der Waals surface area (Å²) in [6, 6.07) is 71.0. The van der Waals surface area contributed by atoms with Crippen LogP contribution in [0, 0.1) is 0 Å². The number of aromatic nitrogens is 3. The summed E-state index contributed by atoms with van der Waals surface area (Å²) in [7, 11) is 0. The Morgan fingerprint density at radius 2 is 0.891 bits per heavy atom. The van der Waals surface area contributed by atoms with Gasteiger partial charge in [0, 0.05) is 55.6 Å². The van der Waals surface area contributed by atoms with Crippen LogP contribution < -0.4 is 0 Å². The van der Waals surface area contributed by atoms with Crippen LogP contribution in [-0.4, -0.2) is 13.7 Å². The summed E-state index contributed by atoms with van der Waals surface area (Å²) in [6.45, 7) is 0.